The van der Waals surface area contributed by atoms with Crippen molar-refractivity contribution in [2.75, 3.05) is 24.7 Å². The number of benzene rings is 1. The maximum Gasteiger partial charge on any atom is 0.420 e. The van der Waals surface area contributed by atoms with Crippen molar-refractivity contribution < 1.29 is 21.6 Å². The highest BCUT2D eigenvalue weighted by molar-refractivity contribution is 7.90. The van der Waals surface area contributed by atoms with E-state index in [0.29, 0.717) is 11.6 Å². The van der Waals surface area contributed by atoms with E-state index >= 15 is 0 Å². The van der Waals surface area contributed by atoms with Gasteiger partial charge >= 0.3 is 6.18 Å². The molecular formula is C20H19F3N4O2S2. The van der Waals surface area contributed by atoms with Crippen LogP contribution < -0.4 is 10.6 Å². The van der Waals surface area contributed by atoms with E-state index in [1.165, 1.54) is 11.4 Å². The van der Waals surface area contributed by atoms with Crippen LogP contribution in [0.25, 0.3) is 10.6 Å². The van der Waals surface area contributed by atoms with E-state index in [-0.39, 0.29) is 21.4 Å². The summed E-state index contributed by atoms with van der Waals surface area (Å²) >= 11 is 0.891. The molecule has 3 heterocycles. The maximum atomic E-state index is 13.6. The van der Waals surface area contributed by atoms with Gasteiger partial charge in [0.2, 0.25) is 5.95 Å². The molecule has 31 heavy (non-hydrogen) atoms. The molecule has 0 radical (unpaired) electrons. The lowest BCUT2D eigenvalue weighted by Crippen LogP contribution is -2.39. The Bertz CT molecular complexity index is 1240. The molecule has 0 spiro atoms. The lowest BCUT2D eigenvalue weighted by atomic mass is 9.92. The number of aryl methyl sites for hydroxylation is 1. The Morgan fingerprint density at radius 3 is 2.55 bits per heavy atom. The van der Waals surface area contributed by atoms with Crippen LogP contribution in [0.2, 0.25) is 0 Å². The molecule has 0 bridgehead atoms. The molecule has 0 amide bonds. The Hall–Kier alpha value is -2.50. The number of anilines is 2. The number of aromatic nitrogens is 2. The molecule has 1 aromatic carbocycles. The molecule has 1 aliphatic rings. The highest BCUT2D eigenvalue weighted by Crippen LogP contribution is 2.39. The van der Waals surface area contributed by atoms with Crippen LogP contribution in [0.5, 0.6) is 0 Å². The molecule has 1 fully saturated rings. The van der Waals surface area contributed by atoms with Crippen LogP contribution in [0.15, 0.2) is 40.7 Å². The minimum Gasteiger partial charge on any atom is -0.324 e. The van der Waals surface area contributed by atoms with Crippen molar-refractivity contribution in [3.8, 4) is 10.6 Å². The molecule has 0 unspecified atom stereocenters. The quantitative estimate of drug-likeness (QED) is 0.579. The monoisotopic (exact) mass is 468 g/mol. The van der Waals surface area contributed by atoms with E-state index in [1.54, 1.807) is 0 Å². The number of nitrogens with one attached hydrogen (secondary N) is 2. The van der Waals surface area contributed by atoms with Gasteiger partial charge in [0.05, 0.1) is 15.5 Å². The Morgan fingerprint density at radius 1 is 1.23 bits per heavy atom. The topological polar surface area (TPSA) is 84.0 Å². The van der Waals surface area contributed by atoms with Crippen molar-refractivity contribution in [2.45, 2.75) is 23.9 Å². The molecule has 3 aromatic rings. The van der Waals surface area contributed by atoms with Crippen molar-refractivity contribution >= 4 is 32.8 Å². The fourth-order valence-corrected chi connectivity index (χ4v) is 5.17. The first-order valence-electron chi connectivity index (χ1n) is 9.34. The summed E-state index contributed by atoms with van der Waals surface area (Å²) in [5.41, 5.74) is 1.34. The number of hydrogen-bond acceptors (Lipinski definition) is 7. The van der Waals surface area contributed by atoms with Crippen molar-refractivity contribution in [2.24, 2.45) is 0 Å². The fourth-order valence-electron chi connectivity index (χ4n) is 3.15. The minimum absolute atomic E-state index is 0.00397. The second-order valence-electron chi connectivity index (χ2n) is 7.43. The predicted octanol–water partition coefficient (Wildman–Crippen LogP) is 4.37. The summed E-state index contributed by atoms with van der Waals surface area (Å²) in [6.07, 6.45) is -2.96. The van der Waals surface area contributed by atoms with Gasteiger partial charge in [-0.05, 0) is 30.2 Å². The SMILES string of the molecule is Cc1ccc(C2CNC2)cc1Nc1ncc(C(F)(F)F)c(-c2cc(S(C)(=O)=O)cs2)n1. The molecule has 0 aliphatic carbocycles. The molecule has 164 valence electrons. The van der Waals surface area contributed by atoms with Crippen molar-refractivity contribution in [1.82, 2.24) is 15.3 Å². The van der Waals surface area contributed by atoms with Crippen LogP contribution in [0, 0.1) is 6.92 Å². The molecule has 6 nitrogen and oxygen atoms in total. The van der Waals surface area contributed by atoms with Gasteiger partial charge in [0, 0.05) is 42.5 Å². The summed E-state index contributed by atoms with van der Waals surface area (Å²) in [6, 6.07) is 7.13. The van der Waals surface area contributed by atoms with Crippen molar-refractivity contribution in [1.29, 1.82) is 0 Å². The van der Waals surface area contributed by atoms with Crippen LogP contribution in [0.1, 0.15) is 22.6 Å². The zero-order chi connectivity index (χ0) is 22.4. The van der Waals surface area contributed by atoms with Crippen LogP contribution in [-0.2, 0) is 16.0 Å². The molecular weight excluding hydrogens is 449 g/mol. The average molecular weight is 469 g/mol. The maximum absolute atomic E-state index is 13.6. The Morgan fingerprint density at radius 2 is 1.97 bits per heavy atom. The Balaban J connectivity index is 1.74. The third-order valence-corrected chi connectivity index (χ3v) is 7.27. The van der Waals surface area contributed by atoms with E-state index in [4.69, 9.17) is 0 Å². The van der Waals surface area contributed by atoms with E-state index < -0.39 is 21.6 Å². The van der Waals surface area contributed by atoms with Gasteiger partial charge < -0.3 is 10.6 Å². The van der Waals surface area contributed by atoms with Gasteiger partial charge in [0.15, 0.2) is 9.84 Å². The van der Waals surface area contributed by atoms with E-state index in [0.717, 1.165) is 48.0 Å². The lowest BCUT2D eigenvalue weighted by molar-refractivity contribution is -0.137. The zero-order valence-electron chi connectivity index (χ0n) is 16.6. The lowest BCUT2D eigenvalue weighted by Gasteiger charge is -2.28. The zero-order valence-corrected chi connectivity index (χ0v) is 18.2. The van der Waals surface area contributed by atoms with Crippen LogP contribution in [0.3, 0.4) is 0 Å². The fraction of sp³-hybridized carbons (Fsp3) is 0.300. The molecule has 1 aliphatic heterocycles. The minimum atomic E-state index is -4.68. The van der Waals surface area contributed by atoms with Gasteiger partial charge in [-0.3, -0.25) is 0 Å². The summed E-state index contributed by atoms with van der Waals surface area (Å²) in [4.78, 5) is 8.03. The molecule has 11 heteroatoms. The van der Waals surface area contributed by atoms with Gasteiger partial charge in [-0.1, -0.05) is 12.1 Å². The van der Waals surface area contributed by atoms with Crippen molar-refractivity contribution in [3.63, 3.8) is 0 Å². The first kappa shape index (κ1) is 21.7. The first-order valence-corrected chi connectivity index (χ1v) is 12.1. The van der Waals surface area contributed by atoms with Crippen LogP contribution in [0.4, 0.5) is 24.8 Å². The summed E-state index contributed by atoms with van der Waals surface area (Å²) in [7, 11) is -3.55. The molecule has 2 aromatic heterocycles. The first-order chi connectivity index (χ1) is 14.5. The van der Waals surface area contributed by atoms with Crippen molar-refractivity contribution in [3.05, 3.63) is 52.5 Å². The summed E-state index contributed by atoms with van der Waals surface area (Å²) in [5, 5.41) is 7.53. The third-order valence-electron chi connectivity index (χ3n) is 5.09. The summed E-state index contributed by atoms with van der Waals surface area (Å²) < 4.78 is 64.2. The normalized spacial score (nSPS) is 15.0. The standard InChI is InChI=1S/C20H19F3N4O2S2/c1-11-3-4-12(13-7-24-8-13)5-16(11)26-19-25-9-15(20(21,22)23)18(27-19)17-6-14(10-30-17)31(2,28)29/h3-6,9-10,13,24H,7-8H2,1-2H3,(H,25,26,27). The molecule has 4 rings (SSSR count). The summed E-state index contributed by atoms with van der Waals surface area (Å²) in [5.74, 6) is 0.398. The average Bonchev–Trinajstić information content (AvgIpc) is 3.12. The molecule has 2 N–H and O–H groups in total. The predicted molar refractivity (Wildman–Crippen MR) is 114 cm³/mol. The summed E-state index contributed by atoms with van der Waals surface area (Å²) in [6.45, 7) is 3.64. The largest absolute Gasteiger partial charge is 0.420 e. The van der Waals surface area contributed by atoms with E-state index in [2.05, 4.69) is 20.6 Å². The Kier molecular flexibility index (Phi) is 5.52. The van der Waals surface area contributed by atoms with Gasteiger partial charge in [-0.2, -0.15) is 13.2 Å². The Labute approximate surface area is 181 Å². The van der Waals surface area contributed by atoms with E-state index in [9.17, 15) is 21.6 Å². The number of rotatable bonds is 5. The second kappa shape index (κ2) is 7.88. The van der Waals surface area contributed by atoms with Gasteiger partial charge in [0.25, 0.3) is 0 Å². The number of alkyl halides is 3. The number of sulfone groups is 1. The van der Waals surface area contributed by atoms with Crippen LogP contribution in [-0.4, -0.2) is 37.7 Å². The number of nitrogens with zero attached hydrogens (tertiary/aromatic N) is 2. The van der Waals surface area contributed by atoms with Gasteiger partial charge in [-0.15, -0.1) is 11.3 Å². The highest BCUT2D eigenvalue weighted by atomic mass is 32.2. The number of hydrogen-bond donors (Lipinski definition) is 2. The number of thiophene rings is 1. The highest BCUT2D eigenvalue weighted by Gasteiger charge is 2.36. The van der Waals surface area contributed by atoms with Gasteiger partial charge in [-0.25, -0.2) is 18.4 Å². The number of halogens is 3. The van der Waals surface area contributed by atoms with E-state index in [1.807, 2.05) is 25.1 Å². The smallest absolute Gasteiger partial charge is 0.324 e. The molecule has 0 atom stereocenters. The molecule has 1 saturated heterocycles. The third kappa shape index (κ3) is 4.58. The van der Waals surface area contributed by atoms with Crippen LogP contribution >= 0.6 is 11.3 Å². The second-order valence-corrected chi connectivity index (χ2v) is 10.4. The van der Waals surface area contributed by atoms with Gasteiger partial charge in [0.1, 0.15) is 5.56 Å². The molecule has 0 saturated carbocycles.